The van der Waals surface area contributed by atoms with E-state index >= 15 is 0 Å². The van der Waals surface area contributed by atoms with Gasteiger partial charge in [-0.05, 0) is 30.2 Å². The molecule has 0 radical (unpaired) electrons. The molecule has 1 atom stereocenters. The lowest BCUT2D eigenvalue weighted by Crippen LogP contribution is -2.44. The minimum Gasteiger partial charge on any atom is -0.452 e. The fourth-order valence-electron chi connectivity index (χ4n) is 2.40. The topological polar surface area (TPSA) is 114 Å². The summed E-state index contributed by atoms with van der Waals surface area (Å²) in [6, 6.07) is 15.2. The Morgan fingerprint density at radius 3 is 2.21 bits per heavy atom. The van der Waals surface area contributed by atoms with Crippen LogP contribution in [-0.4, -0.2) is 29.9 Å². The molecule has 0 aliphatic rings. The first-order valence-corrected chi connectivity index (χ1v) is 9.02. The predicted molar refractivity (Wildman–Crippen MR) is 107 cm³/mol. The van der Waals surface area contributed by atoms with Crippen molar-refractivity contribution in [2.75, 3.05) is 5.32 Å². The van der Waals surface area contributed by atoms with E-state index in [4.69, 9.17) is 4.74 Å². The minimum absolute atomic E-state index is 0.0435. The molecule has 0 aromatic heterocycles. The zero-order chi connectivity index (χ0) is 21.2. The van der Waals surface area contributed by atoms with Gasteiger partial charge in [-0.25, -0.2) is 4.79 Å². The quantitative estimate of drug-likeness (QED) is 0.620. The number of benzene rings is 2. The van der Waals surface area contributed by atoms with Crippen molar-refractivity contribution >= 4 is 29.5 Å². The number of carbonyl (C=O) groups is 4. The first kappa shape index (κ1) is 21.6. The molecule has 29 heavy (non-hydrogen) atoms. The van der Waals surface area contributed by atoms with Crippen molar-refractivity contribution in [3.63, 3.8) is 0 Å². The Morgan fingerprint density at radius 1 is 0.931 bits per heavy atom. The van der Waals surface area contributed by atoms with Crippen molar-refractivity contribution in [3.05, 3.63) is 65.7 Å². The summed E-state index contributed by atoms with van der Waals surface area (Å²) in [6.07, 6.45) is -1.17. The highest BCUT2D eigenvalue weighted by Crippen LogP contribution is 2.11. The van der Waals surface area contributed by atoms with E-state index in [1.54, 1.807) is 24.3 Å². The molecule has 152 valence electrons. The van der Waals surface area contributed by atoms with Crippen LogP contribution in [0, 0.1) is 0 Å². The molecular weight excluding hydrogens is 374 g/mol. The number of hydrogen-bond donors (Lipinski definition) is 3. The van der Waals surface area contributed by atoms with Gasteiger partial charge in [-0.15, -0.1) is 0 Å². The first-order valence-electron chi connectivity index (χ1n) is 9.02. The average molecular weight is 397 g/mol. The number of imide groups is 1. The number of hydrogen-bond acceptors (Lipinski definition) is 5. The maximum absolute atomic E-state index is 12.0. The van der Waals surface area contributed by atoms with Crippen molar-refractivity contribution in [1.82, 2.24) is 10.6 Å². The van der Waals surface area contributed by atoms with Crippen LogP contribution < -0.4 is 16.0 Å². The number of urea groups is 1. The van der Waals surface area contributed by atoms with Gasteiger partial charge in [0, 0.05) is 19.2 Å². The highest BCUT2D eigenvalue weighted by molar-refractivity contribution is 5.97. The molecule has 0 heterocycles. The lowest BCUT2D eigenvalue weighted by Gasteiger charge is -2.13. The van der Waals surface area contributed by atoms with Gasteiger partial charge >= 0.3 is 12.0 Å². The molecule has 0 bridgehead atoms. The van der Waals surface area contributed by atoms with E-state index in [2.05, 4.69) is 16.0 Å². The molecule has 8 nitrogen and oxygen atoms in total. The number of rotatable bonds is 7. The lowest BCUT2D eigenvalue weighted by atomic mass is 10.1. The summed E-state index contributed by atoms with van der Waals surface area (Å²) < 4.78 is 5.07. The van der Waals surface area contributed by atoms with Gasteiger partial charge in [0.2, 0.25) is 5.91 Å². The molecule has 2 aromatic rings. The maximum atomic E-state index is 12.0. The Balaban J connectivity index is 1.75. The molecule has 4 amide bonds. The van der Waals surface area contributed by atoms with E-state index in [9.17, 15) is 19.2 Å². The van der Waals surface area contributed by atoms with Gasteiger partial charge < -0.3 is 15.4 Å². The second-order valence-electron chi connectivity index (χ2n) is 6.34. The molecule has 0 saturated heterocycles. The summed E-state index contributed by atoms with van der Waals surface area (Å²) in [5, 5.41) is 7.32. The molecule has 2 rings (SSSR count). The number of ether oxygens (including phenoxy) is 1. The van der Waals surface area contributed by atoms with Crippen molar-refractivity contribution in [3.8, 4) is 0 Å². The molecule has 2 aromatic carbocycles. The van der Waals surface area contributed by atoms with Gasteiger partial charge in [0.05, 0.1) is 6.42 Å². The largest absolute Gasteiger partial charge is 0.452 e. The van der Waals surface area contributed by atoms with E-state index in [0.717, 1.165) is 5.56 Å². The third-order valence-electron chi connectivity index (χ3n) is 3.83. The average Bonchev–Trinajstić information content (AvgIpc) is 2.68. The SMILES string of the molecule is CC(=O)Nc1ccc(CC(=O)O[C@H](C)C(=O)NC(=O)NCc2ccccc2)cc1. The van der Waals surface area contributed by atoms with Crippen LogP contribution in [0.1, 0.15) is 25.0 Å². The number of amides is 4. The van der Waals surface area contributed by atoms with Crippen molar-refractivity contribution < 1.29 is 23.9 Å². The van der Waals surface area contributed by atoms with Gasteiger partial charge in [-0.2, -0.15) is 0 Å². The molecule has 0 saturated carbocycles. The summed E-state index contributed by atoms with van der Waals surface area (Å²) >= 11 is 0. The molecule has 0 unspecified atom stereocenters. The zero-order valence-electron chi connectivity index (χ0n) is 16.2. The van der Waals surface area contributed by atoms with Gasteiger partial charge in [0.15, 0.2) is 6.10 Å². The van der Waals surface area contributed by atoms with E-state index < -0.39 is 24.0 Å². The molecule has 0 aliphatic heterocycles. The van der Waals surface area contributed by atoms with Gasteiger partial charge in [0.25, 0.3) is 5.91 Å². The van der Waals surface area contributed by atoms with Crippen LogP contribution in [0.15, 0.2) is 54.6 Å². The van der Waals surface area contributed by atoms with Crippen LogP contribution in [0.4, 0.5) is 10.5 Å². The monoisotopic (exact) mass is 397 g/mol. The van der Waals surface area contributed by atoms with Gasteiger partial charge in [-0.1, -0.05) is 42.5 Å². The molecule has 0 spiro atoms. The third kappa shape index (κ3) is 7.84. The summed E-state index contributed by atoms with van der Waals surface area (Å²) in [7, 11) is 0. The van der Waals surface area contributed by atoms with Crippen LogP contribution in [0.3, 0.4) is 0 Å². The van der Waals surface area contributed by atoms with Crippen molar-refractivity contribution in [2.45, 2.75) is 32.9 Å². The number of carbonyl (C=O) groups excluding carboxylic acids is 4. The van der Waals surface area contributed by atoms with Crippen LogP contribution in [0.5, 0.6) is 0 Å². The molecule has 3 N–H and O–H groups in total. The van der Waals surface area contributed by atoms with Gasteiger partial charge in [-0.3, -0.25) is 19.7 Å². The van der Waals surface area contributed by atoms with E-state index in [0.29, 0.717) is 11.3 Å². The van der Waals surface area contributed by atoms with Crippen molar-refractivity contribution in [1.29, 1.82) is 0 Å². The van der Waals surface area contributed by atoms with E-state index in [-0.39, 0.29) is 18.9 Å². The lowest BCUT2D eigenvalue weighted by molar-refractivity contribution is -0.153. The normalized spacial score (nSPS) is 11.1. The van der Waals surface area contributed by atoms with Crippen LogP contribution in [0.25, 0.3) is 0 Å². The Morgan fingerprint density at radius 2 is 1.59 bits per heavy atom. The van der Waals surface area contributed by atoms with E-state index in [1.165, 1.54) is 13.8 Å². The van der Waals surface area contributed by atoms with Crippen molar-refractivity contribution in [2.24, 2.45) is 0 Å². The number of anilines is 1. The molecular formula is C21H23N3O5. The fourth-order valence-corrected chi connectivity index (χ4v) is 2.40. The number of esters is 1. The highest BCUT2D eigenvalue weighted by Gasteiger charge is 2.20. The summed E-state index contributed by atoms with van der Waals surface area (Å²) in [5.41, 5.74) is 2.17. The summed E-state index contributed by atoms with van der Waals surface area (Å²) in [4.78, 5) is 46.8. The van der Waals surface area contributed by atoms with Crippen LogP contribution in [-0.2, 0) is 32.1 Å². The molecule has 0 fully saturated rings. The van der Waals surface area contributed by atoms with E-state index in [1.807, 2.05) is 30.3 Å². The predicted octanol–water partition coefficient (Wildman–Crippen LogP) is 2.15. The Labute approximate surface area is 168 Å². The van der Waals surface area contributed by atoms with Gasteiger partial charge in [0.1, 0.15) is 0 Å². The minimum atomic E-state index is -1.12. The maximum Gasteiger partial charge on any atom is 0.321 e. The second-order valence-corrected chi connectivity index (χ2v) is 6.34. The zero-order valence-corrected chi connectivity index (χ0v) is 16.2. The molecule has 0 aliphatic carbocycles. The number of nitrogens with one attached hydrogen (secondary N) is 3. The molecule has 8 heteroatoms. The highest BCUT2D eigenvalue weighted by atomic mass is 16.5. The Kier molecular flexibility index (Phi) is 7.90. The Bertz CT molecular complexity index is 866. The standard InChI is InChI=1S/C21H23N3O5/c1-14(20(27)24-21(28)22-13-17-6-4-3-5-7-17)29-19(26)12-16-8-10-18(11-9-16)23-15(2)25/h3-11,14H,12-13H2,1-2H3,(H,23,25)(H2,22,24,27,28)/t14-/m1/s1. The third-order valence-corrected chi connectivity index (χ3v) is 3.83. The first-order chi connectivity index (χ1) is 13.8. The van der Waals surface area contributed by atoms with Crippen LogP contribution in [0.2, 0.25) is 0 Å². The summed E-state index contributed by atoms with van der Waals surface area (Å²) in [6.45, 7) is 3.06. The summed E-state index contributed by atoms with van der Waals surface area (Å²) in [5.74, 6) is -1.51. The smallest absolute Gasteiger partial charge is 0.321 e. The second kappa shape index (κ2) is 10.6. The fraction of sp³-hybridized carbons (Fsp3) is 0.238. The Hall–Kier alpha value is -3.68. The van der Waals surface area contributed by atoms with Crippen LogP contribution >= 0.6 is 0 Å².